The fraction of sp³-hybridized carbons (Fsp3) is 0. The monoisotopic (exact) mass is 639 g/mol. The Balaban J connectivity index is 1.50. The van der Waals surface area contributed by atoms with Gasteiger partial charge in [0.15, 0.2) is 0 Å². The summed E-state index contributed by atoms with van der Waals surface area (Å²) < 4.78 is 161. The van der Waals surface area contributed by atoms with Crippen LogP contribution in [0.1, 0.15) is 23.3 Å². The van der Waals surface area contributed by atoms with Gasteiger partial charge in [-0.05, 0) is 83.5 Å². The molecule has 0 unspecified atom stereocenters. The Bertz CT molecular complexity index is 3750. The molecule has 1 aromatic heterocycles. The number of hydrogen-bond acceptors (Lipinski definition) is 1. The van der Waals surface area contributed by atoms with Gasteiger partial charge in [0.2, 0.25) is 0 Å². The summed E-state index contributed by atoms with van der Waals surface area (Å²) in [5.74, 6) is -0.337. The van der Waals surface area contributed by atoms with E-state index in [0.29, 0.717) is 11.1 Å². The number of fused-ring (bicyclic) bond motifs is 6. The van der Waals surface area contributed by atoms with Gasteiger partial charge in [-0.25, -0.2) is 0 Å². The predicted octanol–water partition coefficient (Wildman–Crippen LogP) is 13.7. The quantitative estimate of drug-likeness (QED) is 0.138. The molecule has 49 heavy (non-hydrogen) atoms. The third-order valence-electron chi connectivity index (χ3n) is 8.77. The summed E-state index contributed by atoms with van der Waals surface area (Å²) in [4.78, 5) is 0. The highest BCUT2D eigenvalue weighted by molar-refractivity contribution is 6.25. The first kappa shape index (κ1) is 15.6. The van der Waals surface area contributed by atoms with Crippen molar-refractivity contribution in [3.8, 4) is 44.7 Å². The second-order valence-corrected chi connectivity index (χ2v) is 11.5. The second kappa shape index (κ2) is 11.1. The Morgan fingerprint density at radius 2 is 0.939 bits per heavy atom. The van der Waals surface area contributed by atoms with Crippen LogP contribution in [0.5, 0.6) is 0 Å². The third kappa shape index (κ3) is 4.40. The van der Waals surface area contributed by atoms with Crippen LogP contribution in [0, 0.1) is 0 Å². The van der Waals surface area contributed by atoms with Gasteiger partial charge in [-0.2, -0.15) is 0 Å². The zero-order chi connectivity index (χ0) is 47.1. The van der Waals surface area contributed by atoms with E-state index >= 15 is 0 Å². The van der Waals surface area contributed by atoms with Crippen molar-refractivity contribution in [2.75, 3.05) is 0 Å². The molecule has 0 aliphatic heterocycles. The van der Waals surface area contributed by atoms with E-state index in [-0.39, 0.29) is 71.1 Å². The minimum absolute atomic E-state index is 0.0598. The SMILES string of the molecule is [2H]c1c([2H])c([2H])c2c(-c3c(-c4c([2H])c([2H])c5c(c4[2H])c([2H])c([2H])c4c([2H])c([2H])c([2H])c([2H])c45)oc4cc(-c5ccccc5)ccc34)c3c([2H])c([2H])c([2H])c([2H])c3c(-c3ccccc3)c2c1[2H]. The van der Waals surface area contributed by atoms with Gasteiger partial charge in [0, 0.05) is 22.1 Å². The molecular formula is C48H30O. The van der Waals surface area contributed by atoms with E-state index in [4.69, 9.17) is 16.8 Å². The van der Waals surface area contributed by atoms with E-state index < -0.39 is 114 Å². The minimum atomic E-state index is -0.694. The van der Waals surface area contributed by atoms with Crippen LogP contribution in [0.25, 0.3) is 98.8 Å². The van der Waals surface area contributed by atoms with Crippen molar-refractivity contribution in [3.63, 3.8) is 0 Å². The molecule has 0 aliphatic rings. The summed E-state index contributed by atoms with van der Waals surface area (Å²) in [5.41, 5.74) is 1.38. The van der Waals surface area contributed by atoms with Crippen molar-refractivity contribution < 1.29 is 27.7 Å². The molecule has 1 heterocycles. The van der Waals surface area contributed by atoms with Gasteiger partial charge in [0.25, 0.3) is 0 Å². The zero-order valence-corrected chi connectivity index (χ0v) is 25.4. The fourth-order valence-corrected chi connectivity index (χ4v) is 6.62. The smallest absolute Gasteiger partial charge is 0.143 e. The fourth-order valence-electron chi connectivity index (χ4n) is 6.62. The Kier molecular flexibility index (Phi) is 3.54. The van der Waals surface area contributed by atoms with E-state index in [1.165, 1.54) is 0 Å². The minimum Gasteiger partial charge on any atom is -0.455 e. The third-order valence-corrected chi connectivity index (χ3v) is 8.77. The Hall–Kier alpha value is -6.44. The first-order valence-corrected chi connectivity index (χ1v) is 15.5. The molecule has 0 fully saturated rings. The summed E-state index contributed by atoms with van der Waals surface area (Å²) >= 11 is 0. The molecule has 10 aromatic rings. The number of rotatable bonds is 4. The van der Waals surface area contributed by atoms with Crippen LogP contribution in [-0.4, -0.2) is 0 Å². The highest BCUT2D eigenvalue weighted by atomic mass is 16.3. The van der Waals surface area contributed by atoms with Gasteiger partial charge < -0.3 is 4.42 Å². The Labute approximate surface area is 308 Å². The first-order valence-electron chi connectivity index (χ1n) is 24.0. The normalized spacial score (nSPS) is 16.5. The lowest BCUT2D eigenvalue weighted by atomic mass is 9.84. The highest BCUT2D eigenvalue weighted by Gasteiger charge is 2.24. The van der Waals surface area contributed by atoms with Crippen molar-refractivity contribution in [2.24, 2.45) is 0 Å². The molecule has 0 atom stereocenters. The molecule has 1 heteroatoms. The second-order valence-electron chi connectivity index (χ2n) is 11.5. The maximum Gasteiger partial charge on any atom is 0.143 e. The molecule has 0 spiro atoms. The summed E-state index contributed by atoms with van der Waals surface area (Å²) in [6.45, 7) is 0. The number of furan rings is 1. The molecule has 0 bridgehead atoms. The zero-order valence-electron chi connectivity index (χ0n) is 42.4. The lowest BCUT2D eigenvalue weighted by Gasteiger charge is -2.18. The molecule has 9 aromatic carbocycles. The predicted molar refractivity (Wildman–Crippen MR) is 208 cm³/mol. The van der Waals surface area contributed by atoms with Crippen molar-refractivity contribution in [1.82, 2.24) is 0 Å². The Morgan fingerprint density at radius 1 is 0.367 bits per heavy atom. The van der Waals surface area contributed by atoms with E-state index in [0.717, 1.165) is 5.56 Å². The molecule has 10 rings (SSSR count). The van der Waals surface area contributed by atoms with E-state index in [9.17, 15) is 11.0 Å². The van der Waals surface area contributed by atoms with Crippen LogP contribution in [0.2, 0.25) is 0 Å². The lowest BCUT2D eigenvalue weighted by molar-refractivity contribution is 0.633. The van der Waals surface area contributed by atoms with Crippen molar-refractivity contribution in [2.45, 2.75) is 0 Å². The van der Waals surface area contributed by atoms with Gasteiger partial charge in [-0.3, -0.25) is 0 Å². The molecule has 0 saturated carbocycles. The lowest BCUT2D eigenvalue weighted by Crippen LogP contribution is -1.91. The van der Waals surface area contributed by atoms with Crippen LogP contribution >= 0.6 is 0 Å². The van der Waals surface area contributed by atoms with Crippen LogP contribution in [0.15, 0.2) is 186 Å². The van der Waals surface area contributed by atoms with Gasteiger partial charge in [-0.15, -0.1) is 0 Å². The van der Waals surface area contributed by atoms with E-state index in [1.54, 1.807) is 48.5 Å². The van der Waals surface area contributed by atoms with Crippen LogP contribution in [0.4, 0.5) is 0 Å². The number of hydrogen-bond donors (Lipinski definition) is 0. The topological polar surface area (TPSA) is 13.1 Å². The molecule has 0 saturated heterocycles. The maximum atomic E-state index is 9.80. The van der Waals surface area contributed by atoms with E-state index in [2.05, 4.69) is 0 Å². The molecule has 228 valence electrons. The molecule has 0 amide bonds. The van der Waals surface area contributed by atoms with Crippen LogP contribution in [0.3, 0.4) is 0 Å². The maximum absolute atomic E-state index is 9.80. The van der Waals surface area contributed by atoms with E-state index in [1.807, 2.05) is 30.3 Å². The summed E-state index contributed by atoms with van der Waals surface area (Å²) in [7, 11) is 0. The van der Waals surface area contributed by atoms with Crippen molar-refractivity contribution >= 4 is 54.1 Å². The summed E-state index contributed by atoms with van der Waals surface area (Å²) in [6, 6.07) is 12.0. The molecular weight excluding hydrogens is 593 g/mol. The largest absolute Gasteiger partial charge is 0.455 e. The molecule has 1 nitrogen and oxygen atoms in total. The van der Waals surface area contributed by atoms with Crippen molar-refractivity contribution in [1.29, 1.82) is 0 Å². The van der Waals surface area contributed by atoms with Crippen LogP contribution in [-0.2, 0) is 0 Å². The average molecular weight is 640 g/mol. The summed E-state index contributed by atoms with van der Waals surface area (Å²) in [5, 5.41) is -1.73. The van der Waals surface area contributed by atoms with Crippen molar-refractivity contribution in [3.05, 3.63) is 182 Å². The van der Waals surface area contributed by atoms with Crippen LogP contribution < -0.4 is 0 Å². The van der Waals surface area contributed by atoms with Gasteiger partial charge in [0.1, 0.15) is 11.3 Å². The van der Waals surface area contributed by atoms with Gasteiger partial charge >= 0.3 is 0 Å². The molecule has 0 radical (unpaired) electrons. The number of benzene rings is 9. The first-order chi connectivity index (χ1) is 31.4. The van der Waals surface area contributed by atoms with Gasteiger partial charge in [0.05, 0.1) is 23.3 Å². The summed E-state index contributed by atoms with van der Waals surface area (Å²) in [6.07, 6.45) is 0. The average Bonchev–Trinajstić information content (AvgIpc) is 3.69. The van der Waals surface area contributed by atoms with Gasteiger partial charge in [-0.1, -0.05) is 163 Å². The standard InChI is InChI=1S/C48H30O/c1-3-13-31(14-4-1)34-25-28-43-44(30-34)49-48(36-26-27-38-35(29-36)24-23-32-15-7-8-18-37(32)38)47(43)46-41-21-11-9-19-39(41)45(33-16-5-2-6-17-33)40-20-10-12-22-42(40)46/h1-30H/i7D,8D,9D,10D,11D,12D,15D,18D,19D,20D,21D,22D,23D,24D,26D,27D,29D. The molecule has 0 N–H and O–H groups in total. The Morgan fingerprint density at radius 3 is 1.63 bits per heavy atom. The molecule has 0 aliphatic carbocycles. The highest BCUT2D eigenvalue weighted by Crippen LogP contribution is 2.50.